The molecule has 1 aromatic carbocycles. The Bertz CT molecular complexity index is 781. The van der Waals surface area contributed by atoms with E-state index in [0.717, 1.165) is 5.01 Å². The lowest BCUT2D eigenvalue weighted by atomic mass is 10.1. The Kier molecular flexibility index (Phi) is 5.70. The van der Waals surface area contributed by atoms with Gasteiger partial charge < -0.3 is 14.2 Å². The van der Waals surface area contributed by atoms with Gasteiger partial charge in [0.1, 0.15) is 0 Å². The topological polar surface area (TPSA) is 74.7 Å². The number of esters is 2. The van der Waals surface area contributed by atoms with Crippen LogP contribution in [0.1, 0.15) is 31.4 Å². The van der Waals surface area contributed by atoms with E-state index in [2.05, 4.69) is 11.6 Å². The number of aromatic nitrogens is 1. The summed E-state index contributed by atoms with van der Waals surface area (Å²) in [5.74, 6) is -0.601. The highest BCUT2D eigenvalue weighted by molar-refractivity contribution is 7.09. The van der Waals surface area contributed by atoms with Gasteiger partial charge in [0.05, 0.1) is 24.8 Å². The number of ether oxygens (including phenoxy) is 3. The maximum atomic E-state index is 12.3. The van der Waals surface area contributed by atoms with Gasteiger partial charge in [-0.1, -0.05) is 6.08 Å². The molecule has 2 aromatic rings. The highest BCUT2D eigenvalue weighted by Gasteiger charge is 2.21. The zero-order valence-corrected chi connectivity index (χ0v) is 14.4. The fraction of sp³-hybridized carbons (Fsp3) is 0.235. The quantitative estimate of drug-likeness (QED) is 0.454. The molecule has 0 aliphatic rings. The van der Waals surface area contributed by atoms with Crippen molar-refractivity contribution < 1.29 is 23.8 Å². The molecular weight excluding hydrogens is 330 g/mol. The second-order valence-corrected chi connectivity index (χ2v) is 5.85. The van der Waals surface area contributed by atoms with Crippen molar-refractivity contribution in [2.24, 2.45) is 0 Å². The van der Waals surface area contributed by atoms with Crippen LogP contribution in [0.2, 0.25) is 0 Å². The molecule has 6 nitrogen and oxygen atoms in total. The first-order valence-corrected chi connectivity index (χ1v) is 7.92. The van der Waals surface area contributed by atoms with Gasteiger partial charge in [-0.3, -0.25) is 0 Å². The second kappa shape index (κ2) is 7.74. The van der Waals surface area contributed by atoms with Gasteiger partial charge in [0, 0.05) is 10.9 Å². The third kappa shape index (κ3) is 3.80. The zero-order chi connectivity index (χ0) is 17.7. The van der Waals surface area contributed by atoms with Crippen LogP contribution >= 0.6 is 11.3 Å². The fourth-order valence-corrected chi connectivity index (χ4v) is 2.65. The standard InChI is InChI=1S/C17H17NO5S/c1-5-6-11-7-12(16(19)22-4)8-14(21-3)15(11)23-17(20)13-9-24-10(2)18-13/h5,7-9H,1,6H2,2-4H3. The molecule has 0 N–H and O–H groups in total. The molecule has 24 heavy (non-hydrogen) atoms. The van der Waals surface area contributed by atoms with E-state index in [1.807, 2.05) is 0 Å². The van der Waals surface area contributed by atoms with E-state index in [0.29, 0.717) is 17.5 Å². The Hall–Kier alpha value is -2.67. The number of allylic oxidation sites excluding steroid dienone is 1. The van der Waals surface area contributed by atoms with Crippen molar-refractivity contribution in [1.29, 1.82) is 0 Å². The molecule has 126 valence electrons. The van der Waals surface area contributed by atoms with E-state index in [9.17, 15) is 9.59 Å². The molecule has 0 atom stereocenters. The van der Waals surface area contributed by atoms with E-state index in [1.54, 1.807) is 24.4 Å². The average molecular weight is 347 g/mol. The third-order valence-corrected chi connectivity index (χ3v) is 3.93. The molecule has 0 unspecified atom stereocenters. The number of benzene rings is 1. The van der Waals surface area contributed by atoms with Crippen molar-refractivity contribution in [3.8, 4) is 11.5 Å². The summed E-state index contributed by atoms with van der Waals surface area (Å²) in [6.07, 6.45) is 2.03. The SMILES string of the molecule is C=CCc1cc(C(=O)OC)cc(OC)c1OC(=O)c1csc(C)n1. The maximum Gasteiger partial charge on any atom is 0.363 e. The molecule has 0 aliphatic carbocycles. The lowest BCUT2D eigenvalue weighted by Gasteiger charge is -2.14. The maximum absolute atomic E-state index is 12.3. The molecule has 0 fully saturated rings. The first-order valence-electron chi connectivity index (χ1n) is 7.04. The second-order valence-electron chi connectivity index (χ2n) is 4.79. The number of thiazole rings is 1. The van der Waals surface area contributed by atoms with Crippen LogP contribution in [0, 0.1) is 6.92 Å². The number of nitrogens with zero attached hydrogens (tertiary/aromatic N) is 1. The van der Waals surface area contributed by atoms with Gasteiger partial charge in [0.2, 0.25) is 0 Å². The lowest BCUT2D eigenvalue weighted by molar-refractivity contribution is 0.0600. The predicted molar refractivity (Wildman–Crippen MR) is 90.0 cm³/mol. The van der Waals surface area contributed by atoms with Crippen LogP contribution in [0.5, 0.6) is 11.5 Å². The molecule has 1 aromatic heterocycles. The smallest absolute Gasteiger partial charge is 0.363 e. The molecule has 0 saturated heterocycles. The average Bonchev–Trinajstić information content (AvgIpc) is 3.02. The highest BCUT2D eigenvalue weighted by atomic mass is 32.1. The van der Waals surface area contributed by atoms with Crippen molar-refractivity contribution in [3.63, 3.8) is 0 Å². The number of rotatable bonds is 6. The van der Waals surface area contributed by atoms with Gasteiger partial charge in [-0.2, -0.15) is 0 Å². The molecule has 0 spiro atoms. The molecule has 0 saturated carbocycles. The van der Waals surface area contributed by atoms with Gasteiger partial charge in [-0.25, -0.2) is 14.6 Å². The summed E-state index contributed by atoms with van der Waals surface area (Å²) in [6, 6.07) is 3.05. The summed E-state index contributed by atoms with van der Waals surface area (Å²) in [5.41, 5.74) is 1.11. The summed E-state index contributed by atoms with van der Waals surface area (Å²) >= 11 is 1.36. The molecule has 2 rings (SSSR count). The van der Waals surface area contributed by atoms with Crippen molar-refractivity contribution in [1.82, 2.24) is 4.98 Å². The molecule has 0 aliphatic heterocycles. The van der Waals surface area contributed by atoms with Gasteiger partial charge in [-0.15, -0.1) is 17.9 Å². The molecule has 0 radical (unpaired) electrons. The number of hydrogen-bond acceptors (Lipinski definition) is 7. The first kappa shape index (κ1) is 17.7. The highest BCUT2D eigenvalue weighted by Crippen LogP contribution is 2.34. The van der Waals surface area contributed by atoms with Crippen LogP contribution in [0.25, 0.3) is 0 Å². The molecule has 0 amide bonds. The van der Waals surface area contributed by atoms with Crippen LogP contribution in [-0.4, -0.2) is 31.1 Å². The zero-order valence-electron chi connectivity index (χ0n) is 13.6. The number of carbonyl (C=O) groups is 2. The van der Waals surface area contributed by atoms with Crippen LogP contribution in [0.15, 0.2) is 30.2 Å². The Labute approximate surface area is 143 Å². The van der Waals surface area contributed by atoms with Crippen molar-refractivity contribution >= 4 is 23.3 Å². The molecule has 7 heteroatoms. The summed E-state index contributed by atoms with van der Waals surface area (Å²) < 4.78 is 15.5. The van der Waals surface area contributed by atoms with Crippen LogP contribution in [0.3, 0.4) is 0 Å². The Morgan fingerprint density at radius 1 is 1.29 bits per heavy atom. The molecule has 1 heterocycles. The minimum absolute atomic E-state index is 0.223. The number of hydrogen-bond donors (Lipinski definition) is 0. The van der Waals surface area contributed by atoms with E-state index >= 15 is 0 Å². The minimum Gasteiger partial charge on any atom is -0.493 e. The Balaban J connectivity index is 2.44. The minimum atomic E-state index is -0.589. The number of carbonyl (C=O) groups excluding carboxylic acids is 2. The largest absolute Gasteiger partial charge is 0.493 e. The van der Waals surface area contributed by atoms with Crippen molar-refractivity contribution in [3.05, 3.63) is 52.0 Å². The summed E-state index contributed by atoms with van der Waals surface area (Å²) in [4.78, 5) is 28.2. The van der Waals surface area contributed by atoms with Crippen LogP contribution in [0.4, 0.5) is 0 Å². The summed E-state index contributed by atoms with van der Waals surface area (Å²) in [5, 5.41) is 2.39. The van der Waals surface area contributed by atoms with E-state index < -0.39 is 11.9 Å². The normalized spacial score (nSPS) is 10.1. The molecular formula is C17H17NO5S. The van der Waals surface area contributed by atoms with E-state index in [4.69, 9.17) is 14.2 Å². The summed E-state index contributed by atoms with van der Waals surface area (Å²) in [6.45, 7) is 5.48. The first-order chi connectivity index (χ1) is 11.5. The third-order valence-electron chi connectivity index (χ3n) is 3.16. The van der Waals surface area contributed by atoms with E-state index in [1.165, 1.54) is 31.6 Å². The van der Waals surface area contributed by atoms with E-state index in [-0.39, 0.29) is 17.2 Å². The van der Waals surface area contributed by atoms with Crippen molar-refractivity contribution in [2.45, 2.75) is 13.3 Å². The monoisotopic (exact) mass is 347 g/mol. The number of aryl methyl sites for hydroxylation is 1. The van der Waals surface area contributed by atoms with Gasteiger partial charge in [0.15, 0.2) is 17.2 Å². The van der Waals surface area contributed by atoms with Crippen LogP contribution < -0.4 is 9.47 Å². The Morgan fingerprint density at radius 3 is 2.58 bits per heavy atom. The predicted octanol–water partition coefficient (Wildman–Crippen LogP) is 3.19. The summed E-state index contributed by atoms with van der Waals surface area (Å²) in [7, 11) is 2.72. The van der Waals surface area contributed by atoms with Gasteiger partial charge in [-0.05, 0) is 25.5 Å². The number of methoxy groups -OCH3 is 2. The van der Waals surface area contributed by atoms with Gasteiger partial charge >= 0.3 is 11.9 Å². The van der Waals surface area contributed by atoms with Crippen molar-refractivity contribution in [2.75, 3.05) is 14.2 Å². The lowest BCUT2D eigenvalue weighted by Crippen LogP contribution is -2.12. The van der Waals surface area contributed by atoms with Gasteiger partial charge in [0.25, 0.3) is 0 Å². The Morgan fingerprint density at radius 2 is 2.04 bits per heavy atom. The van der Waals surface area contributed by atoms with Crippen LogP contribution in [-0.2, 0) is 11.2 Å². The molecule has 0 bridgehead atoms. The fourth-order valence-electron chi connectivity index (χ4n) is 2.07.